The van der Waals surface area contributed by atoms with Crippen molar-refractivity contribution >= 4 is 5.65 Å². The van der Waals surface area contributed by atoms with Gasteiger partial charge in [0.25, 0.3) is 0 Å². The van der Waals surface area contributed by atoms with E-state index in [9.17, 15) is 0 Å². The van der Waals surface area contributed by atoms with Gasteiger partial charge >= 0.3 is 0 Å². The predicted molar refractivity (Wildman–Crippen MR) is 78.6 cm³/mol. The molecular weight excluding hydrogens is 248 g/mol. The van der Waals surface area contributed by atoms with Crippen molar-refractivity contribution < 1.29 is 0 Å². The zero-order chi connectivity index (χ0) is 13.8. The molecule has 4 nitrogen and oxygen atoms in total. The summed E-state index contributed by atoms with van der Waals surface area (Å²) < 4.78 is 1.84. The normalized spacial score (nSPS) is 12.7. The van der Waals surface area contributed by atoms with E-state index in [2.05, 4.69) is 34.1 Å². The molecule has 0 aliphatic carbocycles. The molecule has 3 aromatic rings. The van der Waals surface area contributed by atoms with E-state index in [1.165, 1.54) is 18.4 Å². The van der Waals surface area contributed by atoms with Crippen LogP contribution in [0.25, 0.3) is 5.65 Å². The summed E-state index contributed by atoms with van der Waals surface area (Å²) in [6.45, 7) is 2.21. The van der Waals surface area contributed by atoms with Gasteiger partial charge in [0.1, 0.15) is 0 Å². The first-order valence-electron chi connectivity index (χ1n) is 7.08. The highest BCUT2D eigenvalue weighted by atomic mass is 15.2. The summed E-state index contributed by atoms with van der Waals surface area (Å²) in [5.41, 5.74) is 3.20. The number of rotatable bonds is 5. The van der Waals surface area contributed by atoms with Crippen LogP contribution in [0.4, 0.5) is 0 Å². The van der Waals surface area contributed by atoms with Crippen molar-refractivity contribution in [2.24, 2.45) is 0 Å². The molecule has 3 aromatic heterocycles. The van der Waals surface area contributed by atoms with E-state index >= 15 is 0 Å². The van der Waals surface area contributed by atoms with Crippen LogP contribution in [-0.4, -0.2) is 19.6 Å². The Kier molecular flexibility index (Phi) is 3.72. The van der Waals surface area contributed by atoms with Crippen molar-refractivity contribution in [3.05, 3.63) is 60.3 Å². The predicted octanol–water partition coefficient (Wildman–Crippen LogP) is 3.45. The topological polar surface area (TPSA) is 43.1 Å². The van der Waals surface area contributed by atoms with Gasteiger partial charge in [0.2, 0.25) is 0 Å². The van der Waals surface area contributed by atoms with Crippen molar-refractivity contribution in [2.45, 2.75) is 32.1 Å². The molecule has 3 rings (SSSR count). The zero-order valence-corrected chi connectivity index (χ0v) is 11.6. The molecule has 0 aromatic carbocycles. The number of fused-ring (bicyclic) bond motifs is 1. The summed E-state index contributed by atoms with van der Waals surface area (Å²) in [6, 6.07) is 8.09. The molecule has 20 heavy (non-hydrogen) atoms. The Morgan fingerprint density at radius 2 is 2.20 bits per heavy atom. The van der Waals surface area contributed by atoms with Gasteiger partial charge in [-0.2, -0.15) is 5.10 Å². The molecule has 0 bridgehead atoms. The van der Waals surface area contributed by atoms with Gasteiger partial charge in [0, 0.05) is 36.8 Å². The third-order valence-corrected chi connectivity index (χ3v) is 3.55. The highest BCUT2D eigenvalue weighted by Crippen LogP contribution is 2.28. The first-order chi connectivity index (χ1) is 9.88. The summed E-state index contributed by atoms with van der Waals surface area (Å²) in [4.78, 5) is 8.59. The van der Waals surface area contributed by atoms with Gasteiger partial charge in [0.15, 0.2) is 5.65 Å². The molecule has 0 amide bonds. The fraction of sp³-hybridized carbons (Fsp3) is 0.312. The van der Waals surface area contributed by atoms with Gasteiger partial charge < -0.3 is 0 Å². The second-order valence-electron chi connectivity index (χ2n) is 4.97. The van der Waals surface area contributed by atoms with Crippen molar-refractivity contribution in [2.75, 3.05) is 0 Å². The molecular formula is C16H18N4. The standard InChI is InChI=1S/C16H18N4/c1-2-3-7-14(13-6-4-8-17-12-13)15-11-16-18-9-5-10-20(16)19-15/h4-6,8-12,14H,2-3,7H2,1H3. The van der Waals surface area contributed by atoms with Gasteiger partial charge in [-0.1, -0.05) is 25.8 Å². The molecule has 4 heteroatoms. The SMILES string of the molecule is CCCCC(c1cccnc1)c1cc2ncccn2n1. The Morgan fingerprint density at radius 3 is 2.95 bits per heavy atom. The monoisotopic (exact) mass is 266 g/mol. The van der Waals surface area contributed by atoms with Crippen molar-refractivity contribution in [1.29, 1.82) is 0 Å². The number of pyridine rings is 1. The molecule has 3 heterocycles. The Morgan fingerprint density at radius 1 is 1.25 bits per heavy atom. The van der Waals surface area contributed by atoms with E-state index in [1.54, 1.807) is 6.20 Å². The van der Waals surface area contributed by atoms with Crippen LogP contribution < -0.4 is 0 Å². The fourth-order valence-corrected chi connectivity index (χ4v) is 2.49. The highest BCUT2D eigenvalue weighted by Gasteiger charge is 2.17. The van der Waals surface area contributed by atoms with Crippen molar-refractivity contribution in [1.82, 2.24) is 19.6 Å². The lowest BCUT2D eigenvalue weighted by atomic mass is 9.92. The third-order valence-electron chi connectivity index (χ3n) is 3.55. The van der Waals surface area contributed by atoms with Gasteiger partial charge in [-0.05, 0) is 24.1 Å². The molecule has 0 fully saturated rings. The minimum absolute atomic E-state index is 0.297. The third kappa shape index (κ3) is 2.54. The molecule has 102 valence electrons. The minimum Gasteiger partial charge on any atom is -0.264 e. The first kappa shape index (κ1) is 12.8. The van der Waals surface area contributed by atoms with Crippen LogP contribution in [-0.2, 0) is 0 Å². The van der Waals surface area contributed by atoms with Crippen LogP contribution in [0.5, 0.6) is 0 Å². The van der Waals surface area contributed by atoms with Gasteiger partial charge in [-0.3, -0.25) is 4.98 Å². The molecule has 0 N–H and O–H groups in total. The molecule has 1 atom stereocenters. The first-order valence-corrected chi connectivity index (χ1v) is 7.08. The van der Waals surface area contributed by atoms with Gasteiger partial charge in [0.05, 0.1) is 5.69 Å². The van der Waals surface area contributed by atoms with Crippen LogP contribution in [0.15, 0.2) is 49.1 Å². The zero-order valence-electron chi connectivity index (χ0n) is 11.6. The smallest absolute Gasteiger partial charge is 0.155 e. The maximum Gasteiger partial charge on any atom is 0.155 e. The summed E-state index contributed by atoms with van der Waals surface area (Å²) in [7, 11) is 0. The quantitative estimate of drug-likeness (QED) is 0.710. The fourth-order valence-electron chi connectivity index (χ4n) is 2.49. The lowest BCUT2D eigenvalue weighted by Crippen LogP contribution is -2.03. The van der Waals surface area contributed by atoms with Gasteiger partial charge in [-0.25, -0.2) is 9.50 Å². The maximum absolute atomic E-state index is 4.67. The molecule has 0 aliphatic rings. The van der Waals surface area contributed by atoms with Gasteiger partial charge in [-0.15, -0.1) is 0 Å². The molecule has 0 saturated carbocycles. The second kappa shape index (κ2) is 5.82. The number of hydrogen-bond acceptors (Lipinski definition) is 3. The van der Waals surface area contributed by atoms with Crippen molar-refractivity contribution in [3.8, 4) is 0 Å². The van der Waals surface area contributed by atoms with Crippen LogP contribution >= 0.6 is 0 Å². The highest BCUT2D eigenvalue weighted by molar-refractivity contribution is 5.41. The molecule has 0 radical (unpaired) electrons. The summed E-state index contributed by atoms with van der Waals surface area (Å²) >= 11 is 0. The van der Waals surface area contributed by atoms with Crippen LogP contribution in [0.2, 0.25) is 0 Å². The summed E-state index contributed by atoms with van der Waals surface area (Å²) in [5.74, 6) is 0.297. The van der Waals surface area contributed by atoms with Crippen LogP contribution in [0.1, 0.15) is 43.4 Å². The van der Waals surface area contributed by atoms with E-state index in [0.717, 1.165) is 17.8 Å². The average molecular weight is 266 g/mol. The Hall–Kier alpha value is -2.23. The number of unbranched alkanes of at least 4 members (excludes halogenated alkanes) is 1. The number of nitrogens with zero attached hydrogens (tertiary/aromatic N) is 4. The lowest BCUT2D eigenvalue weighted by Gasteiger charge is -2.13. The Bertz CT molecular complexity index is 642. The maximum atomic E-state index is 4.67. The minimum atomic E-state index is 0.297. The number of hydrogen-bond donors (Lipinski definition) is 0. The average Bonchev–Trinajstić information content (AvgIpc) is 2.92. The lowest BCUT2D eigenvalue weighted by molar-refractivity contribution is 0.631. The van der Waals surface area contributed by atoms with E-state index in [4.69, 9.17) is 0 Å². The van der Waals surface area contributed by atoms with E-state index in [0.29, 0.717) is 5.92 Å². The Balaban J connectivity index is 2.00. The second-order valence-corrected chi connectivity index (χ2v) is 4.97. The Labute approximate surface area is 118 Å². The summed E-state index contributed by atoms with van der Waals surface area (Å²) in [5, 5.41) is 4.67. The summed E-state index contributed by atoms with van der Waals surface area (Å²) in [6.07, 6.45) is 10.9. The van der Waals surface area contributed by atoms with Crippen LogP contribution in [0, 0.1) is 0 Å². The van der Waals surface area contributed by atoms with Crippen molar-refractivity contribution in [3.63, 3.8) is 0 Å². The largest absolute Gasteiger partial charge is 0.264 e. The molecule has 0 aliphatic heterocycles. The van der Waals surface area contributed by atoms with E-state index < -0.39 is 0 Å². The number of aromatic nitrogens is 4. The molecule has 0 spiro atoms. The molecule has 1 unspecified atom stereocenters. The molecule has 0 saturated heterocycles. The van der Waals surface area contributed by atoms with E-state index in [1.807, 2.05) is 35.2 Å². The van der Waals surface area contributed by atoms with Crippen LogP contribution in [0.3, 0.4) is 0 Å². The van der Waals surface area contributed by atoms with E-state index in [-0.39, 0.29) is 0 Å².